The lowest BCUT2D eigenvalue weighted by molar-refractivity contribution is 0.0520. The van der Waals surface area contributed by atoms with Crippen LogP contribution in [0, 0.1) is 11.3 Å². The van der Waals surface area contributed by atoms with Gasteiger partial charge in [0.25, 0.3) is 0 Å². The van der Waals surface area contributed by atoms with E-state index in [-0.39, 0.29) is 5.41 Å². The van der Waals surface area contributed by atoms with Gasteiger partial charge in [-0.25, -0.2) is 0 Å². The van der Waals surface area contributed by atoms with Crippen molar-refractivity contribution in [2.24, 2.45) is 11.3 Å². The monoisotopic (exact) mass is 300 g/mol. The molecule has 1 heterocycles. The first-order valence-corrected chi connectivity index (χ1v) is 8.08. The summed E-state index contributed by atoms with van der Waals surface area (Å²) in [6.07, 6.45) is 4.37. The Morgan fingerprint density at radius 3 is 2.26 bits per heavy atom. The van der Waals surface area contributed by atoms with Crippen molar-refractivity contribution in [2.45, 2.75) is 25.7 Å². The summed E-state index contributed by atoms with van der Waals surface area (Å²) in [7, 11) is 0. The fourth-order valence-corrected chi connectivity index (χ4v) is 3.60. The quantitative estimate of drug-likeness (QED) is 0.702. The van der Waals surface area contributed by atoms with Crippen molar-refractivity contribution in [2.75, 3.05) is 25.0 Å². The van der Waals surface area contributed by atoms with Crippen LogP contribution in [0.3, 0.4) is 0 Å². The maximum Gasteiger partial charge on any atom is 0.0468 e. The minimum absolute atomic E-state index is 0.0203. The van der Waals surface area contributed by atoms with Gasteiger partial charge in [0, 0.05) is 30.4 Å². The third kappa shape index (κ3) is 4.37. The first kappa shape index (κ1) is 15.2. The van der Waals surface area contributed by atoms with Crippen LogP contribution in [0.1, 0.15) is 24.8 Å². The van der Waals surface area contributed by atoms with Gasteiger partial charge in [-0.15, -0.1) is 23.2 Å². The molecule has 0 unspecified atom stereocenters. The molecule has 1 fully saturated rings. The number of alkyl halides is 2. The van der Waals surface area contributed by atoms with E-state index in [0.29, 0.717) is 17.7 Å². The molecule has 0 N–H and O–H groups in total. The second kappa shape index (κ2) is 7.52. The molecule has 1 nitrogen and oxygen atoms in total. The number of halogens is 2. The molecular formula is C16H22Cl2O. The molecule has 0 atom stereocenters. The van der Waals surface area contributed by atoms with Gasteiger partial charge in [0.1, 0.15) is 0 Å². The van der Waals surface area contributed by atoms with Gasteiger partial charge in [0.2, 0.25) is 0 Å². The summed E-state index contributed by atoms with van der Waals surface area (Å²) in [6.45, 7) is 1.77. The van der Waals surface area contributed by atoms with E-state index in [1.807, 2.05) is 6.07 Å². The predicted octanol–water partition coefficient (Wildman–Crippen LogP) is 4.51. The normalized spacial score (nSPS) is 17.6. The highest BCUT2D eigenvalue weighted by Gasteiger charge is 2.32. The smallest absolute Gasteiger partial charge is 0.0468 e. The van der Waals surface area contributed by atoms with Crippen LogP contribution in [0.2, 0.25) is 0 Å². The van der Waals surface area contributed by atoms with Crippen molar-refractivity contribution in [3.63, 3.8) is 0 Å². The van der Waals surface area contributed by atoms with Crippen molar-refractivity contribution in [1.82, 2.24) is 0 Å². The molecule has 1 saturated heterocycles. The molecule has 0 saturated carbocycles. The summed E-state index contributed by atoms with van der Waals surface area (Å²) in [5.41, 5.74) is 1.35. The van der Waals surface area contributed by atoms with Crippen molar-refractivity contribution < 1.29 is 4.74 Å². The molecule has 0 aliphatic carbocycles. The molecule has 2 rings (SSSR count). The third-order valence-corrected chi connectivity index (χ3v) is 5.19. The number of hydrogen-bond donors (Lipinski definition) is 0. The Kier molecular flexibility index (Phi) is 6.00. The van der Waals surface area contributed by atoms with Gasteiger partial charge < -0.3 is 4.74 Å². The molecule has 106 valence electrons. The van der Waals surface area contributed by atoms with E-state index < -0.39 is 0 Å². The fraction of sp³-hybridized carbons (Fsp3) is 0.625. The van der Waals surface area contributed by atoms with E-state index in [9.17, 15) is 0 Å². The third-order valence-electron chi connectivity index (χ3n) is 4.05. The van der Waals surface area contributed by atoms with Crippen LogP contribution in [-0.2, 0) is 11.2 Å². The molecule has 1 aliphatic heterocycles. The SMILES string of the molecule is ClCC(CCl)(Cc1ccccc1)CC1CCOCC1. The van der Waals surface area contributed by atoms with Crippen molar-refractivity contribution in [1.29, 1.82) is 0 Å². The molecule has 0 aromatic heterocycles. The second-order valence-electron chi connectivity index (χ2n) is 5.69. The van der Waals surface area contributed by atoms with E-state index in [1.165, 1.54) is 5.56 Å². The van der Waals surface area contributed by atoms with Crippen LogP contribution >= 0.6 is 23.2 Å². The molecule has 1 aromatic carbocycles. The number of ether oxygens (including phenoxy) is 1. The Labute approximate surface area is 126 Å². The number of hydrogen-bond acceptors (Lipinski definition) is 1. The molecule has 0 spiro atoms. The largest absolute Gasteiger partial charge is 0.381 e. The molecule has 1 aliphatic rings. The lowest BCUT2D eigenvalue weighted by atomic mass is 9.75. The molecule has 19 heavy (non-hydrogen) atoms. The van der Waals surface area contributed by atoms with Crippen molar-refractivity contribution >= 4 is 23.2 Å². The molecule has 0 amide bonds. The summed E-state index contributed by atoms with van der Waals surface area (Å²) in [5.74, 6) is 1.96. The maximum atomic E-state index is 6.28. The Balaban J connectivity index is 2.03. The summed E-state index contributed by atoms with van der Waals surface area (Å²) in [4.78, 5) is 0. The molecule has 0 radical (unpaired) electrons. The van der Waals surface area contributed by atoms with Crippen molar-refractivity contribution in [3.05, 3.63) is 35.9 Å². The van der Waals surface area contributed by atoms with E-state index in [1.54, 1.807) is 0 Å². The highest BCUT2D eigenvalue weighted by atomic mass is 35.5. The topological polar surface area (TPSA) is 9.23 Å². The van der Waals surface area contributed by atoms with Gasteiger partial charge in [-0.2, -0.15) is 0 Å². The summed E-state index contributed by atoms with van der Waals surface area (Å²) in [6, 6.07) is 10.5. The van der Waals surface area contributed by atoms with Crippen molar-refractivity contribution in [3.8, 4) is 0 Å². The average molecular weight is 301 g/mol. The van der Waals surface area contributed by atoms with Gasteiger partial charge in [-0.1, -0.05) is 30.3 Å². The lowest BCUT2D eigenvalue weighted by Crippen LogP contribution is -2.33. The Hall–Kier alpha value is -0.240. The van der Waals surface area contributed by atoms with Gasteiger partial charge in [-0.3, -0.25) is 0 Å². The second-order valence-corrected chi connectivity index (χ2v) is 6.22. The highest BCUT2D eigenvalue weighted by molar-refractivity contribution is 6.21. The van der Waals surface area contributed by atoms with E-state index >= 15 is 0 Å². The highest BCUT2D eigenvalue weighted by Crippen LogP contribution is 2.37. The first-order valence-electron chi connectivity index (χ1n) is 7.02. The minimum Gasteiger partial charge on any atom is -0.381 e. The van der Waals surface area contributed by atoms with E-state index in [4.69, 9.17) is 27.9 Å². The standard InChI is InChI=1S/C16H22Cl2O/c17-12-16(13-18,10-14-4-2-1-3-5-14)11-15-6-8-19-9-7-15/h1-5,15H,6-13H2. The zero-order valence-electron chi connectivity index (χ0n) is 11.3. The van der Waals surface area contributed by atoms with Gasteiger partial charge in [-0.05, 0) is 37.2 Å². The molecule has 3 heteroatoms. The zero-order chi connectivity index (χ0) is 13.6. The predicted molar refractivity (Wildman–Crippen MR) is 82.2 cm³/mol. The molecular weight excluding hydrogens is 279 g/mol. The zero-order valence-corrected chi connectivity index (χ0v) is 12.8. The van der Waals surface area contributed by atoms with Crippen LogP contribution < -0.4 is 0 Å². The van der Waals surface area contributed by atoms with E-state index in [0.717, 1.165) is 38.9 Å². The maximum absolute atomic E-state index is 6.28. The van der Waals surface area contributed by atoms with Gasteiger partial charge >= 0.3 is 0 Å². The Bertz CT molecular complexity index is 356. The fourth-order valence-electron chi connectivity index (χ4n) is 2.90. The van der Waals surface area contributed by atoms with Crippen LogP contribution in [-0.4, -0.2) is 25.0 Å². The van der Waals surface area contributed by atoms with Gasteiger partial charge in [0.15, 0.2) is 0 Å². The summed E-state index contributed by atoms with van der Waals surface area (Å²) < 4.78 is 5.43. The Morgan fingerprint density at radius 2 is 1.68 bits per heavy atom. The van der Waals surface area contributed by atoms with Crippen LogP contribution in [0.4, 0.5) is 0 Å². The summed E-state index contributed by atoms with van der Waals surface area (Å²) >= 11 is 12.6. The van der Waals surface area contributed by atoms with Crippen LogP contribution in [0.5, 0.6) is 0 Å². The lowest BCUT2D eigenvalue weighted by Gasteiger charge is -2.35. The molecule has 1 aromatic rings. The average Bonchev–Trinajstić information content (AvgIpc) is 2.48. The van der Waals surface area contributed by atoms with E-state index in [2.05, 4.69) is 24.3 Å². The Morgan fingerprint density at radius 1 is 1.05 bits per heavy atom. The van der Waals surface area contributed by atoms with Gasteiger partial charge in [0.05, 0.1) is 0 Å². The number of rotatable bonds is 6. The van der Waals surface area contributed by atoms with Crippen LogP contribution in [0.15, 0.2) is 30.3 Å². The van der Waals surface area contributed by atoms with Crippen LogP contribution in [0.25, 0.3) is 0 Å². The number of benzene rings is 1. The first-order chi connectivity index (χ1) is 9.28. The summed E-state index contributed by atoms with van der Waals surface area (Å²) in [5, 5.41) is 0. The molecule has 0 bridgehead atoms. The minimum atomic E-state index is 0.0203.